The first-order valence-corrected chi connectivity index (χ1v) is 4.32. The molecule has 2 atom stereocenters. The third-order valence-corrected chi connectivity index (χ3v) is 2.70. The molecule has 1 rings (SSSR count). The molecule has 0 spiro atoms. The number of methoxy groups -OCH3 is 1. The molecule has 0 amide bonds. The molecule has 0 bridgehead atoms. The van der Waals surface area contributed by atoms with Crippen molar-refractivity contribution < 1.29 is 14.3 Å². The van der Waals surface area contributed by atoms with Crippen LogP contribution in [0, 0.1) is 5.41 Å². The van der Waals surface area contributed by atoms with E-state index in [9.17, 15) is 4.79 Å². The summed E-state index contributed by atoms with van der Waals surface area (Å²) in [6.45, 7) is 3.20. The number of hydrogen-bond acceptors (Lipinski definition) is 3. The fraction of sp³-hybridized carbons (Fsp3) is 0.889. The van der Waals surface area contributed by atoms with Gasteiger partial charge in [0, 0.05) is 13.7 Å². The van der Waals surface area contributed by atoms with Gasteiger partial charge < -0.3 is 14.3 Å². The summed E-state index contributed by atoms with van der Waals surface area (Å²) in [7, 11) is 1.63. The van der Waals surface area contributed by atoms with E-state index in [-0.39, 0.29) is 6.10 Å². The molecular weight excluding hydrogens is 156 g/mol. The first kappa shape index (κ1) is 9.68. The molecule has 0 aromatic heterocycles. The van der Waals surface area contributed by atoms with Crippen molar-refractivity contribution >= 4 is 6.29 Å². The summed E-state index contributed by atoms with van der Waals surface area (Å²) in [6.07, 6.45) is 2.77. The van der Waals surface area contributed by atoms with Gasteiger partial charge in [0.15, 0.2) is 0 Å². The Hall–Kier alpha value is -0.410. The van der Waals surface area contributed by atoms with Crippen molar-refractivity contribution in [2.45, 2.75) is 25.9 Å². The third kappa shape index (κ3) is 1.67. The molecule has 1 saturated heterocycles. The van der Waals surface area contributed by atoms with Crippen LogP contribution in [0.3, 0.4) is 0 Å². The molecule has 3 nitrogen and oxygen atoms in total. The molecule has 0 saturated carbocycles. The van der Waals surface area contributed by atoms with Gasteiger partial charge in [0.05, 0.1) is 18.1 Å². The lowest BCUT2D eigenvalue weighted by molar-refractivity contribution is -0.137. The summed E-state index contributed by atoms with van der Waals surface area (Å²) in [5.41, 5.74) is -0.396. The highest BCUT2D eigenvalue weighted by Gasteiger charge is 2.38. The van der Waals surface area contributed by atoms with Gasteiger partial charge in [-0.3, -0.25) is 0 Å². The minimum Gasteiger partial charge on any atom is -0.381 e. The molecular formula is C9H16O3. The number of carbonyl (C=O) groups excluding carboxylic acids is 1. The van der Waals surface area contributed by atoms with Gasteiger partial charge in [0.25, 0.3) is 0 Å². The number of rotatable bonds is 3. The largest absolute Gasteiger partial charge is 0.381 e. The Balaban J connectivity index is 2.65. The van der Waals surface area contributed by atoms with Crippen LogP contribution in [-0.4, -0.2) is 32.7 Å². The van der Waals surface area contributed by atoms with Crippen molar-refractivity contribution in [3.05, 3.63) is 0 Å². The third-order valence-electron chi connectivity index (χ3n) is 2.70. The number of carbonyl (C=O) groups is 1. The normalized spacial score (nSPS) is 32.8. The van der Waals surface area contributed by atoms with E-state index >= 15 is 0 Å². The first-order valence-electron chi connectivity index (χ1n) is 4.32. The van der Waals surface area contributed by atoms with E-state index in [0.29, 0.717) is 6.61 Å². The van der Waals surface area contributed by atoms with Crippen LogP contribution in [0.15, 0.2) is 0 Å². The summed E-state index contributed by atoms with van der Waals surface area (Å²) < 4.78 is 10.5. The second-order valence-corrected chi connectivity index (χ2v) is 3.39. The zero-order valence-corrected chi connectivity index (χ0v) is 7.71. The van der Waals surface area contributed by atoms with E-state index in [1.165, 1.54) is 0 Å². The summed E-state index contributed by atoms with van der Waals surface area (Å²) >= 11 is 0. The summed E-state index contributed by atoms with van der Waals surface area (Å²) in [6, 6.07) is 0. The van der Waals surface area contributed by atoms with Gasteiger partial charge in [-0.25, -0.2) is 0 Å². The molecule has 0 radical (unpaired) electrons. The first-order chi connectivity index (χ1) is 5.75. The standard InChI is InChI=1S/C9H16O3/c1-8(11-2)9(6-10)4-3-5-12-7-9/h6,8H,3-5,7H2,1-2H3. The molecule has 0 aliphatic carbocycles. The number of aldehydes is 1. The molecule has 1 fully saturated rings. The van der Waals surface area contributed by atoms with Gasteiger partial charge in [0.1, 0.15) is 6.29 Å². The predicted molar refractivity (Wildman–Crippen MR) is 45.0 cm³/mol. The van der Waals surface area contributed by atoms with Crippen LogP contribution in [0.1, 0.15) is 19.8 Å². The van der Waals surface area contributed by atoms with Crippen molar-refractivity contribution in [2.24, 2.45) is 5.41 Å². The molecule has 0 N–H and O–H groups in total. The quantitative estimate of drug-likeness (QED) is 0.596. The fourth-order valence-corrected chi connectivity index (χ4v) is 1.58. The smallest absolute Gasteiger partial charge is 0.131 e. The van der Waals surface area contributed by atoms with Gasteiger partial charge in [-0.05, 0) is 19.8 Å². The van der Waals surface area contributed by atoms with Crippen LogP contribution in [0.25, 0.3) is 0 Å². The highest BCUT2D eigenvalue weighted by Crippen LogP contribution is 2.31. The zero-order valence-electron chi connectivity index (χ0n) is 7.71. The Morgan fingerprint density at radius 2 is 2.42 bits per heavy atom. The maximum Gasteiger partial charge on any atom is 0.131 e. The average molecular weight is 172 g/mol. The molecule has 70 valence electrons. The fourth-order valence-electron chi connectivity index (χ4n) is 1.58. The van der Waals surface area contributed by atoms with Crippen LogP contribution >= 0.6 is 0 Å². The Kier molecular flexibility index (Phi) is 3.23. The Morgan fingerprint density at radius 3 is 2.83 bits per heavy atom. The molecule has 0 aromatic rings. The van der Waals surface area contributed by atoms with Crippen LogP contribution in [0.5, 0.6) is 0 Å². The molecule has 3 heteroatoms. The van der Waals surface area contributed by atoms with Crippen molar-refractivity contribution in [1.82, 2.24) is 0 Å². The highest BCUT2D eigenvalue weighted by molar-refractivity contribution is 5.60. The minimum absolute atomic E-state index is 0.0460. The Morgan fingerprint density at radius 1 is 1.67 bits per heavy atom. The van der Waals surface area contributed by atoms with E-state index in [1.54, 1.807) is 7.11 Å². The van der Waals surface area contributed by atoms with Gasteiger partial charge >= 0.3 is 0 Å². The molecule has 0 aromatic carbocycles. The summed E-state index contributed by atoms with van der Waals surface area (Å²) in [5, 5.41) is 0. The highest BCUT2D eigenvalue weighted by atomic mass is 16.5. The minimum atomic E-state index is -0.396. The maximum absolute atomic E-state index is 10.9. The van der Waals surface area contributed by atoms with Crippen molar-refractivity contribution in [3.8, 4) is 0 Å². The number of ether oxygens (including phenoxy) is 2. The SMILES string of the molecule is COC(C)C1(C=O)CCCOC1. The lowest BCUT2D eigenvalue weighted by atomic mass is 9.79. The summed E-state index contributed by atoms with van der Waals surface area (Å²) in [5.74, 6) is 0. The van der Waals surface area contributed by atoms with Crippen LogP contribution < -0.4 is 0 Å². The van der Waals surface area contributed by atoms with Gasteiger partial charge in [-0.2, -0.15) is 0 Å². The van der Waals surface area contributed by atoms with Crippen molar-refractivity contribution in [2.75, 3.05) is 20.3 Å². The Bertz CT molecular complexity index is 150. The molecule has 1 heterocycles. The second kappa shape index (κ2) is 4.01. The van der Waals surface area contributed by atoms with E-state index in [0.717, 1.165) is 25.7 Å². The topological polar surface area (TPSA) is 35.5 Å². The van der Waals surface area contributed by atoms with E-state index < -0.39 is 5.41 Å². The molecule has 1 aliphatic rings. The van der Waals surface area contributed by atoms with Crippen LogP contribution in [-0.2, 0) is 14.3 Å². The second-order valence-electron chi connectivity index (χ2n) is 3.39. The van der Waals surface area contributed by atoms with E-state index in [4.69, 9.17) is 9.47 Å². The van der Waals surface area contributed by atoms with Gasteiger partial charge in [0.2, 0.25) is 0 Å². The van der Waals surface area contributed by atoms with Crippen LogP contribution in [0.2, 0.25) is 0 Å². The van der Waals surface area contributed by atoms with Gasteiger partial charge in [-0.15, -0.1) is 0 Å². The monoisotopic (exact) mass is 172 g/mol. The molecule has 2 unspecified atom stereocenters. The predicted octanol–water partition coefficient (Wildman–Crippen LogP) is 1.02. The molecule has 12 heavy (non-hydrogen) atoms. The van der Waals surface area contributed by atoms with E-state index in [1.807, 2.05) is 6.92 Å². The lowest BCUT2D eigenvalue weighted by Gasteiger charge is -2.36. The Labute approximate surface area is 73.0 Å². The van der Waals surface area contributed by atoms with E-state index in [2.05, 4.69) is 0 Å². The zero-order chi connectivity index (χ0) is 9.03. The lowest BCUT2D eigenvalue weighted by Crippen LogP contribution is -2.43. The van der Waals surface area contributed by atoms with Crippen LogP contribution in [0.4, 0.5) is 0 Å². The van der Waals surface area contributed by atoms with Gasteiger partial charge in [-0.1, -0.05) is 0 Å². The number of hydrogen-bond donors (Lipinski definition) is 0. The van der Waals surface area contributed by atoms with Crippen molar-refractivity contribution in [1.29, 1.82) is 0 Å². The molecule has 1 aliphatic heterocycles. The summed E-state index contributed by atoms with van der Waals surface area (Å²) in [4.78, 5) is 10.9. The van der Waals surface area contributed by atoms with Crippen molar-refractivity contribution in [3.63, 3.8) is 0 Å². The maximum atomic E-state index is 10.9. The average Bonchev–Trinajstić information content (AvgIpc) is 2.17.